The average molecular weight is 261 g/mol. The maximum Gasteiger partial charge on any atom is 0.252 e. The molecule has 1 fully saturated rings. The van der Waals surface area contributed by atoms with Crippen LogP contribution in [-0.2, 0) is 0 Å². The normalized spacial score (nSPS) is 23.0. The summed E-state index contributed by atoms with van der Waals surface area (Å²) < 4.78 is 0. The first-order valence-corrected chi connectivity index (χ1v) is 7.18. The predicted octanol–water partition coefficient (Wildman–Crippen LogP) is 2.81. The molecular weight excluding hydrogens is 238 g/mol. The molecule has 1 aliphatic carbocycles. The van der Waals surface area contributed by atoms with Gasteiger partial charge in [0.05, 0.1) is 11.3 Å². The van der Waals surface area contributed by atoms with E-state index in [0.717, 1.165) is 18.2 Å². The second-order valence-corrected chi connectivity index (χ2v) is 5.46. The van der Waals surface area contributed by atoms with Gasteiger partial charge in [-0.1, -0.05) is 26.2 Å². The molecule has 0 spiro atoms. The summed E-state index contributed by atoms with van der Waals surface area (Å²) in [4.78, 5) is 15.2. The molecule has 0 atom stereocenters. The number of nitrogens with two attached hydrogens (primary N) is 1. The number of aromatic nitrogens is 1. The van der Waals surface area contributed by atoms with E-state index in [9.17, 15) is 4.79 Å². The van der Waals surface area contributed by atoms with Crippen molar-refractivity contribution in [2.75, 3.05) is 11.9 Å². The molecule has 1 aromatic heterocycles. The molecule has 0 saturated heterocycles. The molecule has 1 heterocycles. The highest BCUT2D eigenvalue weighted by atomic mass is 16.1. The minimum atomic E-state index is -0.426. The SMILES string of the molecule is CCC1CCC(CNc2ccncc2C(N)=O)CC1. The van der Waals surface area contributed by atoms with Gasteiger partial charge in [0.1, 0.15) is 0 Å². The van der Waals surface area contributed by atoms with Crippen LogP contribution in [0.2, 0.25) is 0 Å². The van der Waals surface area contributed by atoms with Gasteiger partial charge in [-0.2, -0.15) is 0 Å². The molecule has 104 valence electrons. The fraction of sp³-hybridized carbons (Fsp3) is 0.600. The van der Waals surface area contributed by atoms with Crippen molar-refractivity contribution >= 4 is 11.6 Å². The molecule has 0 bridgehead atoms. The first-order chi connectivity index (χ1) is 9.20. The van der Waals surface area contributed by atoms with E-state index in [1.807, 2.05) is 6.07 Å². The zero-order valence-electron chi connectivity index (χ0n) is 11.6. The van der Waals surface area contributed by atoms with E-state index in [1.165, 1.54) is 38.3 Å². The van der Waals surface area contributed by atoms with Crippen LogP contribution in [0, 0.1) is 11.8 Å². The van der Waals surface area contributed by atoms with Crippen molar-refractivity contribution in [1.29, 1.82) is 0 Å². The predicted molar refractivity (Wildman–Crippen MR) is 77.0 cm³/mol. The summed E-state index contributed by atoms with van der Waals surface area (Å²) in [5.74, 6) is 1.19. The molecule has 19 heavy (non-hydrogen) atoms. The summed E-state index contributed by atoms with van der Waals surface area (Å²) in [6.45, 7) is 3.19. The topological polar surface area (TPSA) is 68.0 Å². The van der Waals surface area contributed by atoms with Crippen LogP contribution in [0.15, 0.2) is 18.5 Å². The number of amides is 1. The molecule has 0 unspecified atom stereocenters. The summed E-state index contributed by atoms with van der Waals surface area (Å²) in [5.41, 5.74) is 6.62. The number of nitrogens with one attached hydrogen (secondary N) is 1. The Labute approximate surface area is 114 Å². The van der Waals surface area contributed by atoms with Gasteiger partial charge in [0, 0.05) is 18.9 Å². The highest BCUT2D eigenvalue weighted by molar-refractivity contribution is 5.98. The molecule has 3 N–H and O–H groups in total. The van der Waals surface area contributed by atoms with Gasteiger partial charge in [0.15, 0.2) is 0 Å². The molecule has 1 aromatic rings. The number of hydrogen-bond donors (Lipinski definition) is 2. The fourth-order valence-corrected chi connectivity index (χ4v) is 2.84. The summed E-state index contributed by atoms with van der Waals surface area (Å²) in [6.07, 6.45) is 9.74. The minimum Gasteiger partial charge on any atom is -0.384 e. The Bertz CT molecular complexity index is 425. The number of hydrogen-bond acceptors (Lipinski definition) is 3. The highest BCUT2D eigenvalue weighted by Gasteiger charge is 2.20. The number of carbonyl (C=O) groups excluding carboxylic acids is 1. The van der Waals surface area contributed by atoms with Gasteiger partial charge in [0.25, 0.3) is 5.91 Å². The number of primary amides is 1. The number of anilines is 1. The number of carbonyl (C=O) groups is 1. The second kappa shape index (κ2) is 6.55. The summed E-state index contributed by atoms with van der Waals surface area (Å²) in [5, 5.41) is 3.36. The van der Waals surface area contributed by atoms with E-state index in [1.54, 1.807) is 6.20 Å². The third kappa shape index (κ3) is 3.69. The van der Waals surface area contributed by atoms with Crippen molar-refractivity contribution in [3.05, 3.63) is 24.0 Å². The van der Waals surface area contributed by atoms with Crippen LogP contribution in [0.3, 0.4) is 0 Å². The number of nitrogens with zero attached hydrogens (tertiary/aromatic N) is 1. The lowest BCUT2D eigenvalue weighted by atomic mass is 9.81. The van der Waals surface area contributed by atoms with Crippen LogP contribution in [0.1, 0.15) is 49.4 Å². The third-order valence-electron chi connectivity index (χ3n) is 4.21. The first-order valence-electron chi connectivity index (χ1n) is 7.18. The molecule has 4 nitrogen and oxygen atoms in total. The molecule has 0 aliphatic heterocycles. The maximum absolute atomic E-state index is 11.3. The van der Waals surface area contributed by atoms with Crippen molar-refractivity contribution < 1.29 is 4.79 Å². The average Bonchev–Trinajstić information content (AvgIpc) is 2.46. The minimum absolute atomic E-state index is 0.426. The molecule has 1 saturated carbocycles. The fourth-order valence-electron chi connectivity index (χ4n) is 2.84. The van der Waals surface area contributed by atoms with Crippen LogP contribution >= 0.6 is 0 Å². The quantitative estimate of drug-likeness (QED) is 0.856. The number of rotatable bonds is 5. The van der Waals surface area contributed by atoms with Gasteiger partial charge in [-0.25, -0.2) is 0 Å². The van der Waals surface area contributed by atoms with Gasteiger partial charge in [0.2, 0.25) is 0 Å². The van der Waals surface area contributed by atoms with Crippen LogP contribution in [0.4, 0.5) is 5.69 Å². The lowest BCUT2D eigenvalue weighted by Crippen LogP contribution is -2.22. The smallest absolute Gasteiger partial charge is 0.252 e. The molecule has 2 rings (SSSR count). The lowest BCUT2D eigenvalue weighted by Gasteiger charge is -2.28. The molecule has 1 aliphatic rings. The lowest BCUT2D eigenvalue weighted by molar-refractivity contribution is 0.100. The van der Waals surface area contributed by atoms with E-state index in [0.29, 0.717) is 11.5 Å². The van der Waals surface area contributed by atoms with E-state index < -0.39 is 5.91 Å². The highest BCUT2D eigenvalue weighted by Crippen LogP contribution is 2.30. The van der Waals surface area contributed by atoms with E-state index in [-0.39, 0.29) is 0 Å². The van der Waals surface area contributed by atoms with E-state index in [4.69, 9.17) is 5.73 Å². The maximum atomic E-state index is 11.3. The summed E-state index contributed by atoms with van der Waals surface area (Å²) in [7, 11) is 0. The van der Waals surface area contributed by atoms with Crippen LogP contribution in [0.25, 0.3) is 0 Å². The summed E-state index contributed by atoms with van der Waals surface area (Å²) in [6, 6.07) is 1.82. The number of pyridine rings is 1. The molecular formula is C15H23N3O. The van der Waals surface area contributed by atoms with Crippen molar-refractivity contribution in [3.8, 4) is 0 Å². The Kier molecular flexibility index (Phi) is 4.77. The van der Waals surface area contributed by atoms with Crippen molar-refractivity contribution in [2.24, 2.45) is 17.6 Å². The van der Waals surface area contributed by atoms with Gasteiger partial charge >= 0.3 is 0 Å². The zero-order valence-corrected chi connectivity index (χ0v) is 11.6. The van der Waals surface area contributed by atoms with E-state index in [2.05, 4.69) is 17.2 Å². The van der Waals surface area contributed by atoms with Gasteiger partial charge in [-0.3, -0.25) is 9.78 Å². The van der Waals surface area contributed by atoms with Crippen LogP contribution in [0.5, 0.6) is 0 Å². The third-order valence-corrected chi connectivity index (χ3v) is 4.21. The largest absolute Gasteiger partial charge is 0.384 e. The monoisotopic (exact) mass is 261 g/mol. The molecule has 1 amide bonds. The van der Waals surface area contributed by atoms with Crippen molar-refractivity contribution in [2.45, 2.75) is 39.0 Å². The van der Waals surface area contributed by atoms with Crippen molar-refractivity contribution in [3.63, 3.8) is 0 Å². The van der Waals surface area contributed by atoms with Gasteiger partial charge in [-0.05, 0) is 30.7 Å². The second-order valence-electron chi connectivity index (χ2n) is 5.46. The van der Waals surface area contributed by atoms with Gasteiger partial charge < -0.3 is 11.1 Å². The van der Waals surface area contributed by atoms with Crippen molar-refractivity contribution in [1.82, 2.24) is 4.98 Å². The molecule has 0 radical (unpaired) electrons. The Morgan fingerprint density at radius 1 is 1.37 bits per heavy atom. The van der Waals surface area contributed by atoms with Gasteiger partial charge in [-0.15, -0.1) is 0 Å². The van der Waals surface area contributed by atoms with Crippen LogP contribution < -0.4 is 11.1 Å². The summed E-state index contributed by atoms with van der Waals surface area (Å²) >= 11 is 0. The Morgan fingerprint density at radius 2 is 2.05 bits per heavy atom. The zero-order chi connectivity index (χ0) is 13.7. The standard InChI is InChI=1S/C15H23N3O/c1-2-11-3-5-12(6-4-11)9-18-14-7-8-17-10-13(14)15(16)19/h7-8,10-12H,2-6,9H2,1H3,(H2,16,19)(H,17,18). The first kappa shape index (κ1) is 13.8. The molecule has 0 aromatic carbocycles. The Morgan fingerprint density at radius 3 is 2.68 bits per heavy atom. The van der Waals surface area contributed by atoms with Crippen LogP contribution in [-0.4, -0.2) is 17.4 Å². The molecule has 4 heteroatoms. The Balaban J connectivity index is 1.88. The Hall–Kier alpha value is -1.58. The van der Waals surface area contributed by atoms with E-state index >= 15 is 0 Å².